The van der Waals surface area contributed by atoms with Gasteiger partial charge in [0.1, 0.15) is 12.1 Å². The quantitative estimate of drug-likeness (QED) is 0.879. The van der Waals surface area contributed by atoms with E-state index in [9.17, 15) is 4.39 Å². The highest BCUT2D eigenvalue weighted by Crippen LogP contribution is 2.15. The summed E-state index contributed by atoms with van der Waals surface area (Å²) in [6.45, 7) is 0.875. The first kappa shape index (κ1) is 11.6. The number of hydrogen-bond acceptors (Lipinski definition) is 4. The molecule has 0 amide bonds. The minimum absolute atomic E-state index is 0.244. The first-order chi connectivity index (χ1) is 8.19. The van der Waals surface area contributed by atoms with Crippen LogP contribution in [0.15, 0.2) is 34.9 Å². The lowest BCUT2D eigenvalue weighted by Crippen LogP contribution is -2.16. The molecular formula is C12H14FN3O. The lowest BCUT2D eigenvalue weighted by Gasteiger charge is -2.14. The zero-order valence-electron chi connectivity index (χ0n) is 9.56. The van der Waals surface area contributed by atoms with Crippen molar-refractivity contribution in [1.29, 1.82) is 0 Å². The Kier molecular flexibility index (Phi) is 3.39. The van der Waals surface area contributed by atoms with Crippen LogP contribution < -0.4 is 10.6 Å². The summed E-state index contributed by atoms with van der Waals surface area (Å²) in [6.07, 6.45) is 1.53. The molecule has 0 atom stereocenters. The molecule has 1 aromatic heterocycles. The second-order valence-electron chi connectivity index (χ2n) is 3.81. The average Bonchev–Trinajstić information content (AvgIpc) is 2.77. The van der Waals surface area contributed by atoms with Crippen LogP contribution in [0.5, 0.6) is 0 Å². The molecule has 0 spiro atoms. The number of benzene rings is 1. The Morgan fingerprint density at radius 2 is 2.29 bits per heavy atom. The molecule has 0 aliphatic heterocycles. The number of rotatable bonds is 4. The lowest BCUT2D eigenvalue weighted by molar-refractivity contribution is 0.543. The van der Waals surface area contributed by atoms with E-state index in [-0.39, 0.29) is 5.82 Å². The monoisotopic (exact) mass is 235 g/mol. The van der Waals surface area contributed by atoms with Gasteiger partial charge in [0, 0.05) is 20.1 Å². The predicted octanol–water partition coefficient (Wildman–Crippen LogP) is 1.91. The van der Waals surface area contributed by atoms with Crippen LogP contribution in [-0.2, 0) is 13.1 Å². The van der Waals surface area contributed by atoms with Crippen LogP contribution in [0, 0.1) is 5.82 Å². The van der Waals surface area contributed by atoms with Gasteiger partial charge < -0.3 is 15.1 Å². The van der Waals surface area contributed by atoms with Gasteiger partial charge in [0.25, 0.3) is 6.01 Å². The molecule has 2 N–H and O–H groups in total. The Morgan fingerprint density at radius 3 is 2.94 bits per heavy atom. The zero-order chi connectivity index (χ0) is 12.3. The van der Waals surface area contributed by atoms with Crippen LogP contribution in [0.2, 0.25) is 0 Å². The van der Waals surface area contributed by atoms with Gasteiger partial charge in [-0.05, 0) is 17.7 Å². The molecule has 0 saturated heterocycles. The smallest absolute Gasteiger partial charge is 0.297 e. The SMILES string of the molecule is CN(Cc1cccc(F)c1)c1nc(CN)co1. The number of hydrogen-bond donors (Lipinski definition) is 1. The van der Waals surface area contributed by atoms with E-state index in [2.05, 4.69) is 4.98 Å². The summed E-state index contributed by atoms with van der Waals surface area (Å²) in [6, 6.07) is 6.92. The molecule has 2 aromatic rings. The van der Waals surface area contributed by atoms with Gasteiger partial charge in [-0.1, -0.05) is 12.1 Å². The Hall–Kier alpha value is -1.88. The molecule has 2 rings (SSSR count). The lowest BCUT2D eigenvalue weighted by atomic mass is 10.2. The molecule has 0 fully saturated rings. The first-order valence-electron chi connectivity index (χ1n) is 5.29. The van der Waals surface area contributed by atoms with E-state index < -0.39 is 0 Å². The molecular weight excluding hydrogens is 221 g/mol. The fraction of sp³-hybridized carbons (Fsp3) is 0.250. The van der Waals surface area contributed by atoms with E-state index in [0.717, 1.165) is 5.56 Å². The summed E-state index contributed by atoms with van der Waals surface area (Å²) >= 11 is 0. The van der Waals surface area contributed by atoms with Crippen molar-refractivity contribution in [3.8, 4) is 0 Å². The van der Waals surface area contributed by atoms with E-state index in [1.54, 1.807) is 11.0 Å². The van der Waals surface area contributed by atoms with E-state index in [0.29, 0.717) is 24.8 Å². The third-order valence-electron chi connectivity index (χ3n) is 2.38. The van der Waals surface area contributed by atoms with E-state index in [4.69, 9.17) is 10.2 Å². The van der Waals surface area contributed by atoms with Crippen LogP contribution in [0.3, 0.4) is 0 Å². The van der Waals surface area contributed by atoms with Gasteiger partial charge in [0.15, 0.2) is 0 Å². The minimum Gasteiger partial charge on any atom is -0.432 e. The fourth-order valence-corrected chi connectivity index (χ4v) is 1.54. The first-order valence-corrected chi connectivity index (χ1v) is 5.29. The van der Waals surface area contributed by atoms with E-state index in [1.165, 1.54) is 18.4 Å². The van der Waals surface area contributed by atoms with Crippen LogP contribution >= 0.6 is 0 Å². The number of oxazole rings is 1. The predicted molar refractivity (Wildman–Crippen MR) is 62.9 cm³/mol. The maximum Gasteiger partial charge on any atom is 0.297 e. The Labute approximate surface area is 98.9 Å². The van der Waals surface area contributed by atoms with Crippen molar-refractivity contribution in [2.45, 2.75) is 13.1 Å². The van der Waals surface area contributed by atoms with Gasteiger partial charge in [-0.3, -0.25) is 0 Å². The third-order valence-corrected chi connectivity index (χ3v) is 2.38. The second kappa shape index (κ2) is 4.97. The molecule has 0 unspecified atom stereocenters. The topological polar surface area (TPSA) is 55.3 Å². The van der Waals surface area contributed by atoms with Crippen LogP contribution in [-0.4, -0.2) is 12.0 Å². The molecule has 0 radical (unpaired) electrons. The van der Waals surface area contributed by atoms with Crippen molar-refractivity contribution in [3.63, 3.8) is 0 Å². The van der Waals surface area contributed by atoms with E-state index in [1.807, 2.05) is 13.1 Å². The molecule has 0 bridgehead atoms. The summed E-state index contributed by atoms with van der Waals surface area (Å²) < 4.78 is 18.3. The van der Waals surface area contributed by atoms with Gasteiger partial charge in [-0.15, -0.1) is 0 Å². The van der Waals surface area contributed by atoms with Gasteiger partial charge in [0.05, 0.1) is 5.69 Å². The fourth-order valence-electron chi connectivity index (χ4n) is 1.54. The molecule has 0 saturated carbocycles. The molecule has 17 heavy (non-hydrogen) atoms. The summed E-state index contributed by atoms with van der Waals surface area (Å²) in [5, 5.41) is 0. The molecule has 4 nitrogen and oxygen atoms in total. The highest BCUT2D eigenvalue weighted by molar-refractivity contribution is 5.29. The van der Waals surface area contributed by atoms with Crippen molar-refractivity contribution < 1.29 is 8.81 Å². The molecule has 0 aliphatic carbocycles. The van der Waals surface area contributed by atoms with Crippen molar-refractivity contribution in [3.05, 3.63) is 47.6 Å². The number of anilines is 1. The normalized spacial score (nSPS) is 10.5. The highest BCUT2D eigenvalue weighted by atomic mass is 19.1. The summed E-state index contributed by atoms with van der Waals surface area (Å²) in [5.74, 6) is -0.244. The molecule has 5 heteroatoms. The molecule has 1 aromatic carbocycles. The maximum absolute atomic E-state index is 13.0. The van der Waals surface area contributed by atoms with Gasteiger partial charge in [-0.2, -0.15) is 4.98 Å². The summed E-state index contributed by atoms with van der Waals surface area (Å²) in [4.78, 5) is 5.99. The van der Waals surface area contributed by atoms with Crippen LogP contribution in [0.1, 0.15) is 11.3 Å². The Balaban J connectivity index is 2.08. The van der Waals surface area contributed by atoms with Gasteiger partial charge in [0.2, 0.25) is 0 Å². The van der Waals surface area contributed by atoms with Crippen LogP contribution in [0.25, 0.3) is 0 Å². The van der Waals surface area contributed by atoms with Crippen molar-refractivity contribution in [1.82, 2.24) is 4.98 Å². The van der Waals surface area contributed by atoms with Crippen LogP contribution in [0.4, 0.5) is 10.4 Å². The van der Waals surface area contributed by atoms with Crippen molar-refractivity contribution in [2.75, 3.05) is 11.9 Å². The largest absolute Gasteiger partial charge is 0.432 e. The second-order valence-corrected chi connectivity index (χ2v) is 3.81. The third kappa shape index (κ3) is 2.82. The van der Waals surface area contributed by atoms with Crippen molar-refractivity contribution in [2.24, 2.45) is 5.73 Å². The molecule has 90 valence electrons. The van der Waals surface area contributed by atoms with E-state index >= 15 is 0 Å². The summed E-state index contributed by atoms with van der Waals surface area (Å²) in [7, 11) is 1.83. The van der Waals surface area contributed by atoms with Gasteiger partial charge in [-0.25, -0.2) is 4.39 Å². The maximum atomic E-state index is 13.0. The molecule has 1 heterocycles. The molecule has 0 aliphatic rings. The number of nitrogens with two attached hydrogens (primary N) is 1. The van der Waals surface area contributed by atoms with Gasteiger partial charge >= 0.3 is 0 Å². The summed E-state index contributed by atoms with van der Waals surface area (Å²) in [5.41, 5.74) is 7.01. The van der Waals surface area contributed by atoms with Crippen molar-refractivity contribution >= 4 is 6.01 Å². The minimum atomic E-state index is -0.244. The Bertz CT molecular complexity index is 498. The zero-order valence-corrected chi connectivity index (χ0v) is 9.56. The number of halogens is 1. The Morgan fingerprint density at radius 1 is 1.47 bits per heavy atom. The number of aromatic nitrogens is 1. The highest BCUT2D eigenvalue weighted by Gasteiger charge is 2.09. The number of nitrogens with zero attached hydrogens (tertiary/aromatic N) is 2. The average molecular weight is 235 g/mol. The standard InChI is InChI=1S/C12H14FN3O/c1-16(12-15-11(6-14)8-17-12)7-9-3-2-4-10(13)5-9/h2-5,8H,6-7,14H2,1H3.